The van der Waals surface area contributed by atoms with Crippen LogP contribution < -0.4 is 11.1 Å². The number of hydrogen-bond donors (Lipinski definition) is 2. The molecule has 0 aliphatic carbocycles. The summed E-state index contributed by atoms with van der Waals surface area (Å²) in [6.07, 6.45) is 0. The zero-order valence-electron chi connectivity index (χ0n) is 10.8. The summed E-state index contributed by atoms with van der Waals surface area (Å²) >= 11 is 0. The Labute approximate surface area is 115 Å². The number of imide groups is 1. The second kappa shape index (κ2) is 6.16. The van der Waals surface area contributed by atoms with Crippen LogP contribution in [0.3, 0.4) is 0 Å². The van der Waals surface area contributed by atoms with Crippen LogP contribution in [0.2, 0.25) is 0 Å². The van der Waals surface area contributed by atoms with E-state index in [0.717, 1.165) is 0 Å². The molecule has 1 saturated heterocycles. The number of hydrogen-bond acceptors (Lipinski definition) is 5. The maximum atomic E-state index is 11.8. The number of rotatable bonds is 1. The van der Waals surface area contributed by atoms with E-state index < -0.39 is 17.7 Å². The van der Waals surface area contributed by atoms with Crippen molar-refractivity contribution in [3.63, 3.8) is 0 Å². The molecular formula is C13H15N3O4. The number of anilines is 1. The van der Waals surface area contributed by atoms with Crippen LogP contribution in [0.25, 0.3) is 0 Å². The van der Waals surface area contributed by atoms with Gasteiger partial charge in [0.25, 0.3) is 5.91 Å². The fourth-order valence-corrected chi connectivity index (χ4v) is 1.77. The third kappa shape index (κ3) is 3.33. The van der Waals surface area contributed by atoms with Crippen molar-refractivity contribution in [2.24, 2.45) is 0 Å². The third-order valence-corrected chi connectivity index (χ3v) is 2.89. The van der Waals surface area contributed by atoms with Gasteiger partial charge in [-0.1, -0.05) is 0 Å². The molecule has 1 fully saturated rings. The summed E-state index contributed by atoms with van der Waals surface area (Å²) < 4.78 is 5.09. The zero-order chi connectivity index (χ0) is 14.5. The summed E-state index contributed by atoms with van der Waals surface area (Å²) in [5, 5.41) is 2.06. The quantitative estimate of drug-likeness (QED) is 0.526. The van der Waals surface area contributed by atoms with Crippen LogP contribution in [0.15, 0.2) is 24.3 Å². The van der Waals surface area contributed by atoms with E-state index in [4.69, 9.17) is 10.5 Å². The Kier molecular flexibility index (Phi) is 4.31. The predicted molar refractivity (Wildman–Crippen MR) is 70.7 cm³/mol. The molecule has 1 aromatic rings. The second-order valence-electron chi connectivity index (χ2n) is 4.31. The van der Waals surface area contributed by atoms with Gasteiger partial charge in [0.05, 0.1) is 13.2 Å². The first-order chi connectivity index (χ1) is 9.58. The molecule has 1 heterocycles. The lowest BCUT2D eigenvalue weighted by molar-refractivity contribution is -0.147. The molecule has 0 saturated carbocycles. The standard InChI is InChI=1S/C13H15N3O4/c14-10-3-1-9(2-4-10)11(17)15-12(18)13(19)16-5-7-20-8-6-16/h1-4H,5-8,14H2,(H,15,17,18). The molecule has 7 heteroatoms. The van der Waals surface area contributed by atoms with Crippen LogP contribution in [-0.4, -0.2) is 48.9 Å². The van der Waals surface area contributed by atoms with Gasteiger partial charge in [-0.2, -0.15) is 0 Å². The van der Waals surface area contributed by atoms with Crippen molar-refractivity contribution in [1.82, 2.24) is 10.2 Å². The van der Waals surface area contributed by atoms with Crippen LogP contribution >= 0.6 is 0 Å². The summed E-state index contributed by atoms with van der Waals surface area (Å²) in [7, 11) is 0. The fourth-order valence-electron chi connectivity index (χ4n) is 1.77. The molecule has 0 unspecified atom stereocenters. The van der Waals surface area contributed by atoms with Gasteiger partial charge in [0.1, 0.15) is 0 Å². The van der Waals surface area contributed by atoms with E-state index in [1.807, 2.05) is 0 Å². The number of carbonyl (C=O) groups is 3. The molecule has 0 atom stereocenters. The van der Waals surface area contributed by atoms with Crippen molar-refractivity contribution in [2.75, 3.05) is 32.0 Å². The Bertz CT molecular complexity index is 521. The van der Waals surface area contributed by atoms with Crippen molar-refractivity contribution >= 4 is 23.4 Å². The third-order valence-electron chi connectivity index (χ3n) is 2.89. The number of amides is 3. The van der Waals surface area contributed by atoms with Crippen LogP contribution in [-0.2, 0) is 14.3 Å². The molecule has 0 aromatic heterocycles. The first-order valence-electron chi connectivity index (χ1n) is 6.16. The molecule has 2 rings (SSSR count). The SMILES string of the molecule is Nc1ccc(C(=O)NC(=O)C(=O)N2CCOCC2)cc1. The molecular weight excluding hydrogens is 262 g/mol. The average molecular weight is 277 g/mol. The predicted octanol–water partition coefficient (Wildman–Crippen LogP) is -0.616. The summed E-state index contributed by atoms with van der Waals surface area (Å²) in [5.41, 5.74) is 6.28. The van der Waals surface area contributed by atoms with Crippen molar-refractivity contribution in [2.45, 2.75) is 0 Å². The number of morpholine rings is 1. The van der Waals surface area contributed by atoms with Gasteiger partial charge in [-0.25, -0.2) is 0 Å². The van der Waals surface area contributed by atoms with Gasteiger partial charge in [-0.3, -0.25) is 19.7 Å². The molecule has 1 aromatic carbocycles. The summed E-state index contributed by atoms with van der Waals surface area (Å²) in [6.45, 7) is 1.49. The van der Waals surface area contributed by atoms with Crippen molar-refractivity contribution in [1.29, 1.82) is 0 Å². The molecule has 20 heavy (non-hydrogen) atoms. The number of nitrogens with two attached hydrogens (primary N) is 1. The molecule has 1 aliphatic heterocycles. The highest BCUT2D eigenvalue weighted by atomic mass is 16.5. The summed E-state index contributed by atoms with van der Waals surface area (Å²) in [4.78, 5) is 36.7. The van der Waals surface area contributed by atoms with Gasteiger partial charge in [0.15, 0.2) is 0 Å². The molecule has 1 aliphatic rings. The molecule has 3 amide bonds. The first-order valence-corrected chi connectivity index (χ1v) is 6.16. The Balaban J connectivity index is 1.94. The highest BCUT2D eigenvalue weighted by Crippen LogP contribution is 2.05. The maximum absolute atomic E-state index is 11.8. The van der Waals surface area contributed by atoms with E-state index in [1.165, 1.54) is 17.0 Å². The van der Waals surface area contributed by atoms with Crippen LogP contribution in [0.1, 0.15) is 10.4 Å². The van der Waals surface area contributed by atoms with Crippen LogP contribution in [0, 0.1) is 0 Å². The number of nitrogen functional groups attached to an aromatic ring is 1. The molecule has 0 spiro atoms. The average Bonchev–Trinajstić information content (AvgIpc) is 2.48. The number of nitrogens with zero attached hydrogens (tertiary/aromatic N) is 1. The zero-order valence-corrected chi connectivity index (χ0v) is 10.8. The minimum Gasteiger partial charge on any atom is -0.399 e. The highest BCUT2D eigenvalue weighted by molar-refractivity contribution is 6.38. The van der Waals surface area contributed by atoms with E-state index in [9.17, 15) is 14.4 Å². The molecule has 0 bridgehead atoms. The number of nitrogens with one attached hydrogen (secondary N) is 1. The fraction of sp³-hybridized carbons (Fsp3) is 0.308. The monoisotopic (exact) mass is 277 g/mol. The van der Waals surface area contributed by atoms with Gasteiger partial charge >= 0.3 is 11.8 Å². The summed E-state index contributed by atoms with van der Waals surface area (Å²) in [5.74, 6) is -2.29. The Morgan fingerprint density at radius 1 is 1.10 bits per heavy atom. The van der Waals surface area contributed by atoms with Crippen LogP contribution in [0.5, 0.6) is 0 Å². The molecule has 106 valence electrons. The minimum absolute atomic E-state index is 0.266. The number of benzene rings is 1. The van der Waals surface area contributed by atoms with E-state index >= 15 is 0 Å². The van der Waals surface area contributed by atoms with Gasteiger partial charge in [-0.05, 0) is 24.3 Å². The van der Waals surface area contributed by atoms with Gasteiger partial charge < -0.3 is 15.4 Å². The summed E-state index contributed by atoms with van der Waals surface area (Å²) in [6, 6.07) is 6.06. The number of carbonyl (C=O) groups excluding carboxylic acids is 3. The highest BCUT2D eigenvalue weighted by Gasteiger charge is 2.25. The lowest BCUT2D eigenvalue weighted by Crippen LogP contribution is -2.49. The van der Waals surface area contributed by atoms with Crippen LogP contribution in [0.4, 0.5) is 5.69 Å². The molecule has 0 radical (unpaired) electrons. The van der Waals surface area contributed by atoms with Gasteiger partial charge in [0.2, 0.25) is 0 Å². The van der Waals surface area contributed by atoms with E-state index in [1.54, 1.807) is 12.1 Å². The van der Waals surface area contributed by atoms with Gasteiger partial charge in [-0.15, -0.1) is 0 Å². The van der Waals surface area contributed by atoms with Gasteiger partial charge in [0, 0.05) is 24.3 Å². The topological polar surface area (TPSA) is 102 Å². The lowest BCUT2D eigenvalue weighted by atomic mass is 10.2. The lowest BCUT2D eigenvalue weighted by Gasteiger charge is -2.25. The Morgan fingerprint density at radius 3 is 2.30 bits per heavy atom. The largest absolute Gasteiger partial charge is 0.399 e. The molecule has 3 N–H and O–H groups in total. The van der Waals surface area contributed by atoms with Crippen molar-refractivity contribution in [3.05, 3.63) is 29.8 Å². The maximum Gasteiger partial charge on any atom is 0.316 e. The normalized spacial score (nSPS) is 14.7. The molecule has 7 nitrogen and oxygen atoms in total. The van der Waals surface area contributed by atoms with Crippen molar-refractivity contribution < 1.29 is 19.1 Å². The Morgan fingerprint density at radius 2 is 1.70 bits per heavy atom. The minimum atomic E-state index is -0.936. The first kappa shape index (κ1) is 14.0. The number of ether oxygens (including phenoxy) is 1. The van der Waals surface area contributed by atoms with E-state index in [2.05, 4.69) is 5.32 Å². The Hall–Kier alpha value is -2.41. The smallest absolute Gasteiger partial charge is 0.316 e. The van der Waals surface area contributed by atoms with Crippen molar-refractivity contribution in [3.8, 4) is 0 Å². The van der Waals surface area contributed by atoms with E-state index in [-0.39, 0.29) is 5.56 Å². The second-order valence-corrected chi connectivity index (χ2v) is 4.31. The van der Waals surface area contributed by atoms with E-state index in [0.29, 0.717) is 32.0 Å².